The maximum absolute atomic E-state index is 11.8. The lowest BCUT2D eigenvalue weighted by atomic mass is 10.2. The van der Waals surface area contributed by atoms with Crippen LogP contribution in [0.4, 0.5) is 0 Å². The van der Waals surface area contributed by atoms with Gasteiger partial charge in [-0.3, -0.25) is 9.78 Å². The number of rotatable bonds is 6. The highest BCUT2D eigenvalue weighted by atomic mass is 16.5. The van der Waals surface area contributed by atoms with Crippen LogP contribution in [-0.2, 0) is 0 Å². The predicted octanol–water partition coefficient (Wildman–Crippen LogP) is 2.88. The van der Waals surface area contributed by atoms with Gasteiger partial charge >= 0.3 is 0 Å². The Kier molecular flexibility index (Phi) is 5.65. The van der Waals surface area contributed by atoms with E-state index in [-0.39, 0.29) is 5.91 Å². The summed E-state index contributed by atoms with van der Waals surface area (Å²) >= 11 is 0. The number of nitrogens with zero attached hydrogens (tertiary/aromatic N) is 2. The number of ether oxygens (including phenoxy) is 1. The fourth-order valence-electron chi connectivity index (χ4n) is 1.65. The molecule has 0 radical (unpaired) electrons. The molecule has 1 aromatic heterocycles. The molecule has 5 nitrogen and oxygen atoms in total. The summed E-state index contributed by atoms with van der Waals surface area (Å²) in [6.07, 6.45) is 4.72. The first-order valence-corrected chi connectivity index (χ1v) is 7.11. The van der Waals surface area contributed by atoms with Gasteiger partial charge in [0.15, 0.2) is 0 Å². The molecule has 1 N–H and O–H groups in total. The van der Waals surface area contributed by atoms with E-state index in [9.17, 15) is 4.79 Å². The lowest BCUT2D eigenvalue weighted by Crippen LogP contribution is -2.17. The second kappa shape index (κ2) is 7.93. The van der Waals surface area contributed by atoms with Crippen molar-refractivity contribution in [2.45, 2.75) is 13.8 Å². The molecule has 0 aliphatic carbocycles. The highest BCUT2D eigenvalue weighted by Gasteiger charge is 2.02. The molecule has 0 bridgehead atoms. The molecule has 1 aromatic carbocycles. The molecule has 5 heteroatoms. The van der Waals surface area contributed by atoms with Crippen molar-refractivity contribution < 1.29 is 9.53 Å². The minimum atomic E-state index is -0.268. The summed E-state index contributed by atoms with van der Waals surface area (Å²) in [6, 6.07) is 10.8. The Morgan fingerprint density at radius 3 is 2.55 bits per heavy atom. The zero-order chi connectivity index (χ0) is 15.8. The van der Waals surface area contributed by atoms with Crippen LogP contribution in [0.15, 0.2) is 53.9 Å². The molecule has 2 rings (SSSR count). The lowest BCUT2D eigenvalue weighted by Gasteiger charge is -2.08. The van der Waals surface area contributed by atoms with E-state index >= 15 is 0 Å². The third-order valence-corrected chi connectivity index (χ3v) is 2.79. The lowest BCUT2D eigenvalue weighted by molar-refractivity contribution is 0.0955. The van der Waals surface area contributed by atoms with Crippen LogP contribution in [-0.4, -0.2) is 23.7 Å². The number of carbonyl (C=O) groups excluding carboxylic acids is 1. The molecule has 0 saturated carbocycles. The highest BCUT2D eigenvalue weighted by Crippen LogP contribution is 2.12. The van der Waals surface area contributed by atoms with Gasteiger partial charge in [0.2, 0.25) is 0 Å². The van der Waals surface area contributed by atoms with Crippen LogP contribution in [0.1, 0.15) is 29.8 Å². The number of carbonyl (C=O) groups is 1. The fraction of sp³-hybridized carbons (Fsp3) is 0.235. The second-order valence-electron chi connectivity index (χ2n) is 5.21. The van der Waals surface area contributed by atoms with E-state index in [1.54, 1.807) is 30.7 Å². The molecule has 0 spiro atoms. The van der Waals surface area contributed by atoms with Gasteiger partial charge in [-0.1, -0.05) is 13.8 Å². The number of pyridine rings is 1. The molecule has 22 heavy (non-hydrogen) atoms. The topological polar surface area (TPSA) is 63.6 Å². The quantitative estimate of drug-likeness (QED) is 0.658. The van der Waals surface area contributed by atoms with Crippen LogP contribution in [0, 0.1) is 5.92 Å². The first kappa shape index (κ1) is 15.7. The Hall–Kier alpha value is -2.69. The Balaban J connectivity index is 1.86. The number of benzene rings is 1. The van der Waals surface area contributed by atoms with Gasteiger partial charge in [-0.05, 0) is 47.9 Å². The first-order valence-electron chi connectivity index (χ1n) is 7.11. The zero-order valence-electron chi connectivity index (χ0n) is 12.7. The number of aromatic nitrogens is 1. The maximum atomic E-state index is 11.8. The fourth-order valence-corrected chi connectivity index (χ4v) is 1.65. The number of hydrazone groups is 1. The average molecular weight is 297 g/mol. The Labute approximate surface area is 130 Å². The third-order valence-electron chi connectivity index (χ3n) is 2.79. The van der Waals surface area contributed by atoms with Crippen molar-refractivity contribution in [2.75, 3.05) is 6.61 Å². The molecule has 0 fully saturated rings. The monoisotopic (exact) mass is 297 g/mol. The van der Waals surface area contributed by atoms with E-state index in [0.717, 1.165) is 11.3 Å². The molecule has 1 heterocycles. The van der Waals surface area contributed by atoms with Crippen LogP contribution >= 0.6 is 0 Å². The molecule has 0 unspecified atom stereocenters. The summed E-state index contributed by atoms with van der Waals surface area (Å²) in [4.78, 5) is 15.6. The van der Waals surface area contributed by atoms with Gasteiger partial charge < -0.3 is 4.74 Å². The molecule has 1 amide bonds. The molecular weight excluding hydrogens is 278 g/mol. The van der Waals surface area contributed by atoms with Gasteiger partial charge in [-0.2, -0.15) is 5.10 Å². The van der Waals surface area contributed by atoms with E-state index in [1.807, 2.05) is 24.3 Å². The van der Waals surface area contributed by atoms with E-state index in [2.05, 4.69) is 29.4 Å². The summed E-state index contributed by atoms with van der Waals surface area (Å²) in [5, 5.41) is 3.94. The van der Waals surface area contributed by atoms with Gasteiger partial charge in [0.1, 0.15) is 5.75 Å². The summed E-state index contributed by atoms with van der Waals surface area (Å²) in [5.41, 5.74) is 3.87. The van der Waals surface area contributed by atoms with Crippen molar-refractivity contribution in [1.82, 2.24) is 10.4 Å². The largest absolute Gasteiger partial charge is 0.493 e. The summed E-state index contributed by atoms with van der Waals surface area (Å²) in [6.45, 7) is 4.90. The summed E-state index contributed by atoms with van der Waals surface area (Å²) < 4.78 is 5.60. The van der Waals surface area contributed by atoms with Crippen LogP contribution in [0.3, 0.4) is 0 Å². The Bertz CT molecular complexity index is 622. The second-order valence-corrected chi connectivity index (χ2v) is 5.21. The SMILES string of the molecule is CC(C)COc1ccc(/C=N/NC(=O)c2ccncc2)cc1. The molecule has 0 saturated heterocycles. The van der Waals surface area contributed by atoms with Crippen LogP contribution in [0.25, 0.3) is 0 Å². The molecule has 0 atom stereocenters. The predicted molar refractivity (Wildman–Crippen MR) is 86.1 cm³/mol. The Morgan fingerprint density at radius 2 is 1.91 bits per heavy atom. The van der Waals surface area contributed by atoms with E-state index < -0.39 is 0 Å². The maximum Gasteiger partial charge on any atom is 0.271 e. The van der Waals surface area contributed by atoms with Gasteiger partial charge in [-0.15, -0.1) is 0 Å². The van der Waals surface area contributed by atoms with Crippen molar-refractivity contribution in [3.05, 3.63) is 59.9 Å². The van der Waals surface area contributed by atoms with Crippen molar-refractivity contribution in [2.24, 2.45) is 11.0 Å². The van der Waals surface area contributed by atoms with Crippen molar-refractivity contribution in [3.8, 4) is 5.75 Å². The van der Waals surface area contributed by atoms with Crippen molar-refractivity contribution in [1.29, 1.82) is 0 Å². The summed E-state index contributed by atoms with van der Waals surface area (Å²) in [7, 11) is 0. The number of nitrogens with one attached hydrogen (secondary N) is 1. The normalized spacial score (nSPS) is 10.9. The van der Waals surface area contributed by atoms with Crippen molar-refractivity contribution in [3.63, 3.8) is 0 Å². The van der Waals surface area contributed by atoms with Crippen LogP contribution < -0.4 is 10.2 Å². The first-order chi connectivity index (χ1) is 10.6. The third kappa shape index (κ3) is 5.01. The molecule has 2 aromatic rings. The number of hydrogen-bond acceptors (Lipinski definition) is 4. The van der Waals surface area contributed by atoms with Crippen LogP contribution in [0.5, 0.6) is 5.75 Å². The zero-order valence-corrected chi connectivity index (χ0v) is 12.7. The van der Waals surface area contributed by atoms with Gasteiger partial charge in [0, 0.05) is 18.0 Å². The minimum Gasteiger partial charge on any atom is -0.493 e. The standard InChI is InChI=1S/C17H19N3O2/c1-13(2)12-22-16-5-3-14(4-6-16)11-19-20-17(21)15-7-9-18-10-8-15/h3-11,13H,12H2,1-2H3,(H,20,21)/b19-11+. The molecule has 0 aliphatic rings. The smallest absolute Gasteiger partial charge is 0.271 e. The van der Waals surface area contributed by atoms with E-state index in [0.29, 0.717) is 18.1 Å². The van der Waals surface area contributed by atoms with Gasteiger partial charge in [0.25, 0.3) is 5.91 Å². The summed E-state index contributed by atoms with van der Waals surface area (Å²) in [5.74, 6) is 1.05. The van der Waals surface area contributed by atoms with Gasteiger partial charge in [-0.25, -0.2) is 5.43 Å². The average Bonchev–Trinajstić information content (AvgIpc) is 2.55. The minimum absolute atomic E-state index is 0.268. The van der Waals surface area contributed by atoms with E-state index in [1.165, 1.54) is 0 Å². The van der Waals surface area contributed by atoms with Crippen LogP contribution in [0.2, 0.25) is 0 Å². The van der Waals surface area contributed by atoms with Gasteiger partial charge in [0.05, 0.1) is 12.8 Å². The molecule has 0 aliphatic heterocycles. The number of hydrogen-bond donors (Lipinski definition) is 1. The van der Waals surface area contributed by atoms with E-state index in [4.69, 9.17) is 4.74 Å². The van der Waals surface area contributed by atoms with Crippen molar-refractivity contribution >= 4 is 12.1 Å². The Morgan fingerprint density at radius 1 is 1.23 bits per heavy atom. The number of amides is 1. The molecular formula is C17H19N3O2. The highest BCUT2D eigenvalue weighted by molar-refractivity contribution is 5.94. The molecule has 114 valence electrons.